The van der Waals surface area contributed by atoms with Crippen LogP contribution in [0.3, 0.4) is 0 Å². The summed E-state index contributed by atoms with van der Waals surface area (Å²) in [6.45, 7) is 0. The summed E-state index contributed by atoms with van der Waals surface area (Å²) in [5.74, 6) is -0.0817. The molecule has 102 valence electrons. The molecule has 0 bridgehead atoms. The third-order valence-electron chi connectivity index (χ3n) is 3.68. The first-order valence-corrected chi connectivity index (χ1v) is 6.69. The number of carbonyl (C=O) groups excluding carboxylic acids is 1. The molecule has 0 atom stereocenters. The lowest BCUT2D eigenvalue weighted by Gasteiger charge is -2.06. The van der Waals surface area contributed by atoms with Gasteiger partial charge in [-0.15, -0.1) is 0 Å². The first kappa shape index (κ1) is 11.8. The Bertz CT molecular complexity index is 824. The molecule has 2 aromatic carbocycles. The number of aromatic nitrogens is 3. The largest absolute Gasteiger partial charge is 0.319 e. The Morgan fingerprint density at radius 3 is 2.81 bits per heavy atom. The molecule has 1 aromatic heterocycles. The molecule has 0 fully saturated rings. The van der Waals surface area contributed by atoms with E-state index >= 15 is 0 Å². The molecule has 2 N–H and O–H groups in total. The highest BCUT2D eigenvalue weighted by Crippen LogP contribution is 2.37. The number of nitrogens with one attached hydrogen (secondary N) is 2. The van der Waals surface area contributed by atoms with Crippen molar-refractivity contribution in [2.24, 2.45) is 0 Å². The van der Waals surface area contributed by atoms with Crippen molar-refractivity contribution < 1.29 is 4.79 Å². The van der Waals surface area contributed by atoms with Crippen LogP contribution in [0.5, 0.6) is 0 Å². The van der Waals surface area contributed by atoms with E-state index in [4.69, 9.17) is 0 Å². The van der Waals surface area contributed by atoms with E-state index in [1.165, 1.54) is 28.6 Å². The maximum atomic E-state index is 11.9. The number of amides is 1. The van der Waals surface area contributed by atoms with Gasteiger partial charge in [-0.25, -0.2) is 4.98 Å². The minimum atomic E-state index is -0.289. The monoisotopic (exact) mass is 276 g/mol. The third kappa shape index (κ3) is 1.99. The van der Waals surface area contributed by atoms with Gasteiger partial charge in [0.05, 0.1) is 0 Å². The number of anilines is 1. The number of aromatic amines is 1. The second-order valence-corrected chi connectivity index (χ2v) is 4.99. The summed E-state index contributed by atoms with van der Waals surface area (Å²) in [5, 5.41) is 9.05. The number of fused-ring (bicyclic) bond motifs is 3. The number of hydrogen-bond acceptors (Lipinski definition) is 3. The number of benzene rings is 2. The van der Waals surface area contributed by atoms with Crippen molar-refractivity contribution in [2.45, 2.75) is 6.42 Å². The molecule has 0 aliphatic heterocycles. The summed E-state index contributed by atoms with van der Waals surface area (Å²) in [7, 11) is 0. The standard InChI is InChI=1S/C16H12N4O/c21-16(15-17-9-18-20-15)19-12-5-6-14-11(8-12)7-10-3-1-2-4-13(10)14/h1-6,8-9H,7H2,(H,19,21)(H,17,18,20). The molecule has 1 aliphatic rings. The maximum absolute atomic E-state index is 11.9. The van der Waals surface area contributed by atoms with Crippen molar-refractivity contribution in [3.8, 4) is 11.1 Å². The molecule has 4 rings (SSSR count). The van der Waals surface area contributed by atoms with Gasteiger partial charge in [0.25, 0.3) is 5.91 Å². The maximum Gasteiger partial charge on any atom is 0.292 e. The highest BCUT2D eigenvalue weighted by Gasteiger charge is 2.18. The summed E-state index contributed by atoms with van der Waals surface area (Å²) < 4.78 is 0. The zero-order chi connectivity index (χ0) is 14.2. The highest BCUT2D eigenvalue weighted by atomic mass is 16.2. The number of hydrogen-bond donors (Lipinski definition) is 2. The Morgan fingerprint density at radius 2 is 1.95 bits per heavy atom. The number of carbonyl (C=O) groups is 1. The smallest absolute Gasteiger partial charge is 0.292 e. The van der Waals surface area contributed by atoms with Crippen LogP contribution in [-0.4, -0.2) is 21.1 Å². The number of H-pyrrole nitrogens is 1. The fourth-order valence-electron chi connectivity index (χ4n) is 2.73. The average molecular weight is 276 g/mol. The molecular formula is C16H12N4O. The molecule has 1 amide bonds. The zero-order valence-corrected chi connectivity index (χ0v) is 11.1. The molecule has 0 radical (unpaired) electrons. The fourth-order valence-corrected chi connectivity index (χ4v) is 2.73. The molecule has 5 heteroatoms. The molecule has 1 aliphatic carbocycles. The number of nitrogens with zero attached hydrogens (tertiary/aromatic N) is 2. The normalized spacial score (nSPS) is 11.8. The van der Waals surface area contributed by atoms with Crippen molar-refractivity contribution in [2.75, 3.05) is 5.32 Å². The molecule has 21 heavy (non-hydrogen) atoms. The molecule has 0 unspecified atom stereocenters. The van der Waals surface area contributed by atoms with E-state index in [0.717, 1.165) is 12.1 Å². The van der Waals surface area contributed by atoms with Gasteiger partial charge in [0, 0.05) is 5.69 Å². The van der Waals surface area contributed by atoms with Crippen molar-refractivity contribution in [1.29, 1.82) is 0 Å². The molecule has 5 nitrogen and oxygen atoms in total. The van der Waals surface area contributed by atoms with Crippen molar-refractivity contribution in [1.82, 2.24) is 15.2 Å². The lowest BCUT2D eigenvalue weighted by Crippen LogP contribution is -2.13. The molecular weight excluding hydrogens is 264 g/mol. The summed E-state index contributed by atoms with van der Waals surface area (Å²) in [6.07, 6.45) is 2.21. The SMILES string of the molecule is O=C(Nc1ccc2c(c1)Cc1ccccc1-2)c1ncn[nH]1. The Hall–Kier alpha value is -2.95. The second-order valence-electron chi connectivity index (χ2n) is 4.99. The van der Waals surface area contributed by atoms with E-state index in [2.05, 4.69) is 44.8 Å². The van der Waals surface area contributed by atoms with Crippen LogP contribution < -0.4 is 5.32 Å². The van der Waals surface area contributed by atoms with Crippen LogP contribution in [-0.2, 0) is 6.42 Å². The van der Waals surface area contributed by atoms with Crippen molar-refractivity contribution in [3.63, 3.8) is 0 Å². The third-order valence-corrected chi connectivity index (χ3v) is 3.68. The van der Waals surface area contributed by atoms with E-state index < -0.39 is 0 Å². The Kier molecular flexibility index (Phi) is 2.57. The Balaban J connectivity index is 1.63. The first-order chi connectivity index (χ1) is 10.3. The summed E-state index contributed by atoms with van der Waals surface area (Å²) in [5.41, 5.74) is 5.84. The Morgan fingerprint density at radius 1 is 1.10 bits per heavy atom. The van der Waals surface area contributed by atoms with Crippen LogP contribution in [0.15, 0.2) is 48.8 Å². The summed E-state index contributed by atoms with van der Waals surface area (Å²) in [6, 6.07) is 14.4. The van der Waals surface area contributed by atoms with Crippen LogP contribution in [0.4, 0.5) is 5.69 Å². The number of rotatable bonds is 2. The van der Waals surface area contributed by atoms with Gasteiger partial charge >= 0.3 is 0 Å². The molecule has 0 spiro atoms. The second kappa shape index (κ2) is 4.56. The van der Waals surface area contributed by atoms with Crippen LogP contribution in [0, 0.1) is 0 Å². The molecule has 0 saturated heterocycles. The fraction of sp³-hybridized carbons (Fsp3) is 0.0625. The van der Waals surface area contributed by atoms with E-state index in [1.807, 2.05) is 18.2 Å². The summed E-state index contributed by atoms with van der Waals surface area (Å²) in [4.78, 5) is 15.8. The van der Waals surface area contributed by atoms with Crippen LogP contribution in [0.2, 0.25) is 0 Å². The van der Waals surface area contributed by atoms with Gasteiger partial charge < -0.3 is 5.32 Å². The predicted molar refractivity (Wildman–Crippen MR) is 79.0 cm³/mol. The Labute approximate surface area is 121 Å². The zero-order valence-electron chi connectivity index (χ0n) is 11.1. The van der Waals surface area contributed by atoms with Crippen LogP contribution in [0.25, 0.3) is 11.1 Å². The van der Waals surface area contributed by atoms with E-state index in [9.17, 15) is 4.79 Å². The van der Waals surface area contributed by atoms with Gasteiger partial charge in [0.2, 0.25) is 5.82 Å². The lowest BCUT2D eigenvalue weighted by atomic mass is 10.1. The first-order valence-electron chi connectivity index (χ1n) is 6.69. The van der Waals surface area contributed by atoms with Gasteiger partial charge in [-0.1, -0.05) is 30.3 Å². The van der Waals surface area contributed by atoms with E-state index in [-0.39, 0.29) is 11.7 Å². The molecule has 0 saturated carbocycles. The van der Waals surface area contributed by atoms with Crippen molar-refractivity contribution >= 4 is 11.6 Å². The topological polar surface area (TPSA) is 70.7 Å². The van der Waals surface area contributed by atoms with Gasteiger partial charge in [-0.3, -0.25) is 9.89 Å². The lowest BCUT2D eigenvalue weighted by molar-refractivity contribution is 0.101. The van der Waals surface area contributed by atoms with Gasteiger partial charge in [0.15, 0.2) is 0 Å². The highest BCUT2D eigenvalue weighted by molar-refractivity contribution is 6.01. The average Bonchev–Trinajstić information content (AvgIpc) is 3.14. The van der Waals surface area contributed by atoms with Gasteiger partial charge in [-0.2, -0.15) is 5.10 Å². The van der Waals surface area contributed by atoms with Crippen LogP contribution >= 0.6 is 0 Å². The van der Waals surface area contributed by atoms with Gasteiger partial charge in [0.1, 0.15) is 6.33 Å². The molecule has 3 aromatic rings. The molecule has 1 heterocycles. The minimum Gasteiger partial charge on any atom is -0.319 e. The quantitative estimate of drug-likeness (QED) is 0.591. The van der Waals surface area contributed by atoms with E-state index in [0.29, 0.717) is 0 Å². The van der Waals surface area contributed by atoms with Gasteiger partial charge in [-0.05, 0) is 40.8 Å². The van der Waals surface area contributed by atoms with Crippen molar-refractivity contribution in [3.05, 3.63) is 65.7 Å². The van der Waals surface area contributed by atoms with Crippen LogP contribution in [0.1, 0.15) is 21.7 Å². The summed E-state index contributed by atoms with van der Waals surface area (Å²) >= 11 is 0. The minimum absolute atomic E-state index is 0.207. The van der Waals surface area contributed by atoms with E-state index in [1.54, 1.807) is 0 Å². The predicted octanol–water partition coefficient (Wildman–Crippen LogP) is 2.63.